The van der Waals surface area contributed by atoms with Crippen LogP contribution in [0.25, 0.3) is 0 Å². The van der Waals surface area contributed by atoms with E-state index in [9.17, 15) is 0 Å². The summed E-state index contributed by atoms with van der Waals surface area (Å²) >= 11 is 3.49. The molecule has 0 saturated carbocycles. The van der Waals surface area contributed by atoms with E-state index in [1.807, 2.05) is 0 Å². The third kappa shape index (κ3) is 4.57. The summed E-state index contributed by atoms with van der Waals surface area (Å²) in [5, 5.41) is 3.64. The van der Waals surface area contributed by atoms with E-state index in [2.05, 4.69) is 73.2 Å². The number of hydrogen-bond donors (Lipinski definition) is 1. The van der Waals surface area contributed by atoms with Gasteiger partial charge in [0.1, 0.15) is 0 Å². The zero-order chi connectivity index (χ0) is 15.0. The molecule has 0 aliphatic heterocycles. The fraction of sp³-hybridized carbons (Fsp3) is 0.647. The Hall–Kier alpha value is -0.380. The van der Waals surface area contributed by atoms with Crippen molar-refractivity contribution in [3.63, 3.8) is 0 Å². The molecule has 1 N–H and O–H groups in total. The van der Waals surface area contributed by atoms with E-state index in [1.54, 1.807) is 0 Å². The summed E-state index contributed by atoms with van der Waals surface area (Å²) in [5.74, 6) is 0. The van der Waals surface area contributed by atoms with Gasteiger partial charge in [0, 0.05) is 17.1 Å². The van der Waals surface area contributed by atoms with Crippen LogP contribution in [0.15, 0.2) is 28.7 Å². The van der Waals surface area contributed by atoms with E-state index in [0.717, 1.165) is 36.9 Å². The van der Waals surface area contributed by atoms with Gasteiger partial charge in [0.25, 0.3) is 0 Å². The van der Waals surface area contributed by atoms with Crippen molar-refractivity contribution in [2.24, 2.45) is 0 Å². The van der Waals surface area contributed by atoms with Gasteiger partial charge in [-0.15, -0.1) is 0 Å². The Bertz CT molecular complexity index is 373. The number of hydrogen-bond acceptors (Lipinski definition) is 2. The Balaban J connectivity index is 2.93. The molecule has 0 radical (unpaired) electrons. The fourth-order valence-corrected chi connectivity index (χ4v) is 3.15. The minimum atomic E-state index is -0.0716. The van der Waals surface area contributed by atoms with Crippen molar-refractivity contribution in [2.45, 2.75) is 58.6 Å². The summed E-state index contributed by atoms with van der Waals surface area (Å²) in [6.45, 7) is 10.4. The number of benzene rings is 1. The van der Waals surface area contributed by atoms with Crippen molar-refractivity contribution in [1.29, 1.82) is 0 Å². The molecule has 2 nitrogen and oxygen atoms in total. The maximum Gasteiger partial charge on any atom is 0.0832 e. The van der Waals surface area contributed by atoms with Crippen molar-refractivity contribution in [1.82, 2.24) is 5.32 Å². The van der Waals surface area contributed by atoms with Crippen LogP contribution in [0.2, 0.25) is 0 Å². The van der Waals surface area contributed by atoms with Crippen molar-refractivity contribution >= 4 is 15.9 Å². The largest absolute Gasteiger partial charge is 0.374 e. The van der Waals surface area contributed by atoms with Gasteiger partial charge in [0.15, 0.2) is 0 Å². The number of rotatable bonds is 9. The van der Waals surface area contributed by atoms with Gasteiger partial charge in [-0.1, -0.05) is 48.8 Å². The van der Waals surface area contributed by atoms with Crippen molar-refractivity contribution in [3.05, 3.63) is 34.3 Å². The highest BCUT2D eigenvalue weighted by atomic mass is 79.9. The van der Waals surface area contributed by atoms with E-state index in [0.29, 0.717) is 6.04 Å². The molecule has 0 fully saturated rings. The molecule has 0 aromatic heterocycles. The second-order valence-electron chi connectivity index (χ2n) is 5.15. The number of ether oxygens (including phenoxy) is 1. The van der Waals surface area contributed by atoms with Crippen LogP contribution in [0, 0.1) is 0 Å². The zero-order valence-electron chi connectivity index (χ0n) is 13.2. The van der Waals surface area contributed by atoms with Crippen LogP contribution in [0.1, 0.15) is 46.1 Å². The van der Waals surface area contributed by atoms with Gasteiger partial charge in [0.05, 0.1) is 5.60 Å². The Kier molecular flexibility index (Phi) is 7.78. The molecular formula is C17H28BrNO. The second kappa shape index (κ2) is 8.81. The van der Waals surface area contributed by atoms with Crippen LogP contribution in [-0.4, -0.2) is 24.8 Å². The standard InChI is InChI=1S/C17H28BrNO/c1-5-17(6-2,20-8-4)16(19-7-3)13-14-9-11-15(18)12-10-14/h9-12,16,19H,5-8,13H2,1-4H3. The van der Waals surface area contributed by atoms with Gasteiger partial charge in [-0.2, -0.15) is 0 Å². The molecule has 20 heavy (non-hydrogen) atoms. The Labute approximate surface area is 132 Å². The van der Waals surface area contributed by atoms with E-state index in [4.69, 9.17) is 4.74 Å². The molecule has 1 aromatic carbocycles. The molecule has 114 valence electrons. The minimum Gasteiger partial charge on any atom is -0.374 e. The molecule has 0 heterocycles. The fourth-order valence-electron chi connectivity index (χ4n) is 2.88. The van der Waals surface area contributed by atoms with Gasteiger partial charge in [-0.25, -0.2) is 0 Å². The lowest BCUT2D eigenvalue weighted by atomic mass is 9.84. The van der Waals surface area contributed by atoms with E-state index in [-0.39, 0.29) is 5.60 Å². The SMILES string of the molecule is CCNC(Cc1ccc(Br)cc1)C(CC)(CC)OCC. The zero-order valence-corrected chi connectivity index (χ0v) is 14.8. The lowest BCUT2D eigenvalue weighted by Gasteiger charge is -2.40. The van der Waals surface area contributed by atoms with Crippen LogP contribution >= 0.6 is 15.9 Å². The van der Waals surface area contributed by atoms with Gasteiger partial charge < -0.3 is 10.1 Å². The molecule has 1 rings (SSSR count). The molecule has 3 heteroatoms. The highest BCUT2D eigenvalue weighted by Crippen LogP contribution is 2.28. The first-order valence-corrected chi connectivity index (χ1v) is 8.52. The highest BCUT2D eigenvalue weighted by molar-refractivity contribution is 9.10. The summed E-state index contributed by atoms with van der Waals surface area (Å²) in [6.07, 6.45) is 3.07. The van der Waals surface area contributed by atoms with E-state index >= 15 is 0 Å². The molecule has 0 saturated heterocycles. The van der Waals surface area contributed by atoms with Crippen molar-refractivity contribution in [2.75, 3.05) is 13.2 Å². The first-order chi connectivity index (χ1) is 9.61. The summed E-state index contributed by atoms with van der Waals surface area (Å²) in [6, 6.07) is 8.95. The first kappa shape index (κ1) is 17.7. The number of halogens is 1. The molecule has 0 aliphatic carbocycles. The average molecular weight is 342 g/mol. The van der Waals surface area contributed by atoms with Crippen LogP contribution in [-0.2, 0) is 11.2 Å². The molecule has 0 amide bonds. The van der Waals surface area contributed by atoms with Gasteiger partial charge in [0.2, 0.25) is 0 Å². The Morgan fingerprint density at radius 2 is 1.70 bits per heavy atom. The van der Waals surface area contributed by atoms with Crippen molar-refractivity contribution < 1.29 is 4.74 Å². The van der Waals surface area contributed by atoms with Gasteiger partial charge >= 0.3 is 0 Å². The monoisotopic (exact) mass is 341 g/mol. The van der Waals surface area contributed by atoms with E-state index < -0.39 is 0 Å². The predicted molar refractivity (Wildman–Crippen MR) is 90.2 cm³/mol. The van der Waals surface area contributed by atoms with Crippen molar-refractivity contribution in [3.8, 4) is 0 Å². The number of nitrogens with one attached hydrogen (secondary N) is 1. The number of likely N-dealkylation sites (N-methyl/N-ethyl adjacent to an activating group) is 1. The smallest absolute Gasteiger partial charge is 0.0832 e. The van der Waals surface area contributed by atoms with Crippen LogP contribution in [0.5, 0.6) is 0 Å². The molecule has 0 spiro atoms. The van der Waals surface area contributed by atoms with Gasteiger partial charge in [-0.05, 0) is 50.4 Å². The maximum atomic E-state index is 6.17. The molecule has 0 aliphatic rings. The van der Waals surface area contributed by atoms with Crippen LogP contribution in [0.3, 0.4) is 0 Å². The Morgan fingerprint density at radius 1 is 1.10 bits per heavy atom. The quantitative estimate of drug-likeness (QED) is 0.710. The van der Waals surface area contributed by atoms with Gasteiger partial charge in [-0.3, -0.25) is 0 Å². The summed E-state index contributed by atoms with van der Waals surface area (Å²) in [4.78, 5) is 0. The normalized spacial score (nSPS) is 13.4. The second-order valence-corrected chi connectivity index (χ2v) is 6.06. The van der Waals surface area contributed by atoms with Crippen LogP contribution in [0.4, 0.5) is 0 Å². The molecule has 1 unspecified atom stereocenters. The lowest BCUT2D eigenvalue weighted by Crippen LogP contribution is -2.53. The predicted octanol–water partition coefficient (Wildman–Crippen LogP) is 4.57. The molecule has 1 aromatic rings. The molecule has 1 atom stereocenters. The molecular weight excluding hydrogens is 314 g/mol. The van der Waals surface area contributed by atoms with Crippen LogP contribution < -0.4 is 5.32 Å². The van der Waals surface area contributed by atoms with E-state index in [1.165, 1.54) is 5.56 Å². The summed E-state index contributed by atoms with van der Waals surface area (Å²) < 4.78 is 7.29. The highest BCUT2D eigenvalue weighted by Gasteiger charge is 2.35. The first-order valence-electron chi connectivity index (χ1n) is 7.73. The minimum absolute atomic E-state index is 0.0716. The summed E-state index contributed by atoms with van der Waals surface area (Å²) in [7, 11) is 0. The third-order valence-corrected chi connectivity index (χ3v) is 4.60. The average Bonchev–Trinajstić information content (AvgIpc) is 2.47. The maximum absolute atomic E-state index is 6.17. The lowest BCUT2D eigenvalue weighted by molar-refractivity contribution is -0.0715. The summed E-state index contributed by atoms with van der Waals surface area (Å²) in [5.41, 5.74) is 1.28. The topological polar surface area (TPSA) is 21.3 Å². The Morgan fingerprint density at radius 3 is 2.15 bits per heavy atom. The molecule has 0 bridgehead atoms. The third-order valence-electron chi connectivity index (χ3n) is 4.07.